The van der Waals surface area contributed by atoms with Crippen LogP contribution in [0.25, 0.3) is 5.69 Å². The van der Waals surface area contributed by atoms with Crippen LogP contribution in [0.2, 0.25) is 0 Å². The first-order chi connectivity index (χ1) is 13.3. The number of amides is 1. The molecule has 1 atom stereocenters. The Morgan fingerprint density at radius 1 is 1.07 bits per heavy atom. The molecule has 1 amide bonds. The normalized spacial score (nSPS) is 16.9. The average Bonchev–Trinajstić information content (AvgIpc) is 3.28. The van der Waals surface area contributed by atoms with Gasteiger partial charge in [-0.1, -0.05) is 18.2 Å². The van der Waals surface area contributed by atoms with Gasteiger partial charge in [-0.25, -0.2) is 0 Å². The highest BCUT2D eigenvalue weighted by atomic mass is 16.5. The predicted octanol–water partition coefficient (Wildman–Crippen LogP) is 3.64. The molecule has 1 aliphatic heterocycles. The number of hydrogen-bond donors (Lipinski definition) is 0. The summed E-state index contributed by atoms with van der Waals surface area (Å²) in [5, 5.41) is 7.67. The van der Waals surface area contributed by atoms with Crippen molar-refractivity contribution in [2.24, 2.45) is 0 Å². The summed E-state index contributed by atoms with van der Waals surface area (Å²) < 4.78 is 7.06. The molecule has 0 aliphatic carbocycles. The maximum atomic E-state index is 13.3. The molecule has 27 heavy (non-hydrogen) atoms. The Hall–Kier alpha value is -3.15. The van der Waals surface area contributed by atoms with Gasteiger partial charge in [0.15, 0.2) is 0 Å². The predicted molar refractivity (Wildman–Crippen MR) is 102 cm³/mol. The lowest BCUT2D eigenvalue weighted by atomic mass is 9.94. The van der Waals surface area contributed by atoms with Crippen LogP contribution in [0, 0.1) is 0 Å². The van der Waals surface area contributed by atoms with Crippen LogP contribution in [0.4, 0.5) is 0 Å². The maximum absolute atomic E-state index is 13.3. The van der Waals surface area contributed by atoms with Crippen LogP contribution in [-0.2, 0) is 0 Å². The van der Waals surface area contributed by atoms with Gasteiger partial charge in [-0.15, -0.1) is 10.2 Å². The molecule has 1 aliphatic rings. The monoisotopic (exact) mass is 362 g/mol. The maximum Gasteiger partial charge on any atom is 0.254 e. The van der Waals surface area contributed by atoms with E-state index >= 15 is 0 Å². The van der Waals surface area contributed by atoms with Crippen molar-refractivity contribution in [3.63, 3.8) is 0 Å². The number of aromatic nitrogens is 3. The van der Waals surface area contributed by atoms with Crippen LogP contribution in [0.3, 0.4) is 0 Å². The van der Waals surface area contributed by atoms with Gasteiger partial charge in [0.2, 0.25) is 0 Å². The van der Waals surface area contributed by atoms with Crippen molar-refractivity contribution in [1.29, 1.82) is 0 Å². The summed E-state index contributed by atoms with van der Waals surface area (Å²) in [6.45, 7) is 0.770. The molecule has 3 aromatic rings. The molecule has 0 N–H and O–H groups in total. The Kier molecular flexibility index (Phi) is 4.87. The number of ether oxygens (including phenoxy) is 1. The standard InChI is InChI=1S/C21H22N4O2/c1-27-19-10-8-16(9-11-19)20-7-2-3-12-25(20)21(26)17-5-4-6-18(13-17)24-14-22-23-15-24/h4-6,8-11,13-15,20H,2-3,7,12H2,1H3/t20-/m1/s1. The summed E-state index contributed by atoms with van der Waals surface area (Å²) in [5.74, 6) is 0.888. The molecule has 0 radical (unpaired) electrons. The molecular weight excluding hydrogens is 340 g/mol. The van der Waals surface area contributed by atoms with Gasteiger partial charge in [0, 0.05) is 17.8 Å². The summed E-state index contributed by atoms with van der Waals surface area (Å²) in [6, 6.07) is 15.7. The van der Waals surface area contributed by atoms with Gasteiger partial charge < -0.3 is 9.64 Å². The molecule has 0 saturated carbocycles. The second-order valence-electron chi connectivity index (χ2n) is 6.70. The van der Waals surface area contributed by atoms with E-state index in [1.165, 1.54) is 0 Å². The molecule has 2 heterocycles. The van der Waals surface area contributed by atoms with Gasteiger partial charge in [-0.2, -0.15) is 0 Å². The number of piperidine rings is 1. The zero-order valence-electron chi connectivity index (χ0n) is 15.3. The van der Waals surface area contributed by atoms with Gasteiger partial charge in [0.25, 0.3) is 5.91 Å². The van der Waals surface area contributed by atoms with E-state index in [4.69, 9.17) is 4.74 Å². The van der Waals surface area contributed by atoms with Crippen molar-refractivity contribution in [2.45, 2.75) is 25.3 Å². The molecule has 1 saturated heterocycles. The van der Waals surface area contributed by atoms with Gasteiger partial charge in [-0.3, -0.25) is 9.36 Å². The lowest BCUT2D eigenvalue weighted by Gasteiger charge is -2.36. The Labute approximate surface area is 158 Å². The number of nitrogens with zero attached hydrogens (tertiary/aromatic N) is 4. The van der Waals surface area contributed by atoms with Crippen LogP contribution in [0.1, 0.15) is 41.2 Å². The summed E-state index contributed by atoms with van der Waals surface area (Å²) in [6.07, 6.45) is 6.39. The van der Waals surface area contributed by atoms with Crippen molar-refractivity contribution >= 4 is 5.91 Å². The second-order valence-corrected chi connectivity index (χ2v) is 6.70. The number of carbonyl (C=O) groups is 1. The zero-order valence-corrected chi connectivity index (χ0v) is 15.3. The SMILES string of the molecule is COc1ccc([C@H]2CCCCN2C(=O)c2cccc(-n3cnnc3)c2)cc1. The Balaban J connectivity index is 1.61. The van der Waals surface area contributed by atoms with Gasteiger partial charge >= 0.3 is 0 Å². The minimum absolute atomic E-state index is 0.0606. The molecule has 6 nitrogen and oxygen atoms in total. The molecule has 0 bridgehead atoms. The summed E-state index contributed by atoms with van der Waals surface area (Å²) in [5.41, 5.74) is 2.71. The average molecular weight is 362 g/mol. The fourth-order valence-electron chi connectivity index (χ4n) is 3.65. The smallest absolute Gasteiger partial charge is 0.254 e. The minimum atomic E-state index is 0.0606. The van der Waals surface area contributed by atoms with Crippen molar-refractivity contribution in [3.05, 3.63) is 72.3 Å². The molecule has 1 fully saturated rings. The van der Waals surface area contributed by atoms with Gasteiger partial charge in [0.1, 0.15) is 18.4 Å². The van der Waals surface area contributed by atoms with Gasteiger partial charge in [0.05, 0.1) is 13.2 Å². The number of methoxy groups -OCH3 is 1. The largest absolute Gasteiger partial charge is 0.497 e. The number of carbonyl (C=O) groups excluding carboxylic acids is 1. The number of likely N-dealkylation sites (tertiary alicyclic amines) is 1. The van der Waals surface area contributed by atoms with E-state index in [0.29, 0.717) is 5.56 Å². The van der Waals surface area contributed by atoms with Crippen LogP contribution in [-0.4, -0.2) is 39.2 Å². The molecule has 138 valence electrons. The quantitative estimate of drug-likeness (QED) is 0.711. The number of rotatable bonds is 4. The molecule has 2 aromatic carbocycles. The Morgan fingerprint density at radius 3 is 2.59 bits per heavy atom. The van der Waals surface area contributed by atoms with E-state index in [-0.39, 0.29) is 11.9 Å². The molecule has 4 rings (SSSR count). The number of benzene rings is 2. The Morgan fingerprint density at radius 2 is 1.85 bits per heavy atom. The summed E-state index contributed by atoms with van der Waals surface area (Å²) in [7, 11) is 1.66. The third-order valence-electron chi connectivity index (χ3n) is 5.07. The van der Waals surface area contributed by atoms with Crippen LogP contribution in [0.5, 0.6) is 5.75 Å². The number of hydrogen-bond acceptors (Lipinski definition) is 4. The lowest BCUT2D eigenvalue weighted by molar-refractivity contribution is 0.0611. The fourth-order valence-corrected chi connectivity index (χ4v) is 3.65. The molecule has 0 unspecified atom stereocenters. The van der Waals surface area contributed by atoms with Crippen molar-refractivity contribution in [1.82, 2.24) is 19.7 Å². The molecule has 1 aromatic heterocycles. The molecule has 6 heteroatoms. The topological polar surface area (TPSA) is 60.2 Å². The van der Waals surface area contributed by atoms with E-state index in [1.54, 1.807) is 24.3 Å². The Bertz CT molecular complexity index is 906. The van der Waals surface area contributed by atoms with Crippen molar-refractivity contribution < 1.29 is 9.53 Å². The van der Waals surface area contributed by atoms with Crippen LogP contribution >= 0.6 is 0 Å². The lowest BCUT2D eigenvalue weighted by Crippen LogP contribution is -2.38. The van der Waals surface area contributed by atoms with E-state index in [2.05, 4.69) is 22.3 Å². The highest BCUT2D eigenvalue weighted by molar-refractivity contribution is 5.95. The highest BCUT2D eigenvalue weighted by Crippen LogP contribution is 2.33. The van der Waals surface area contributed by atoms with E-state index < -0.39 is 0 Å². The van der Waals surface area contributed by atoms with E-state index in [0.717, 1.165) is 42.8 Å². The molecular formula is C21H22N4O2. The molecule has 0 spiro atoms. The van der Waals surface area contributed by atoms with Crippen molar-refractivity contribution in [3.8, 4) is 11.4 Å². The van der Waals surface area contributed by atoms with E-state index in [1.807, 2.05) is 41.3 Å². The summed E-state index contributed by atoms with van der Waals surface area (Å²) in [4.78, 5) is 15.3. The zero-order chi connectivity index (χ0) is 18.6. The highest BCUT2D eigenvalue weighted by Gasteiger charge is 2.28. The first-order valence-electron chi connectivity index (χ1n) is 9.16. The van der Waals surface area contributed by atoms with Crippen molar-refractivity contribution in [2.75, 3.05) is 13.7 Å². The third-order valence-corrected chi connectivity index (χ3v) is 5.07. The fraction of sp³-hybridized carbons (Fsp3) is 0.286. The third kappa shape index (κ3) is 3.56. The first-order valence-corrected chi connectivity index (χ1v) is 9.16. The second kappa shape index (κ2) is 7.61. The van der Waals surface area contributed by atoms with Crippen LogP contribution < -0.4 is 4.74 Å². The van der Waals surface area contributed by atoms with Crippen LogP contribution in [0.15, 0.2) is 61.2 Å². The summed E-state index contributed by atoms with van der Waals surface area (Å²) >= 11 is 0. The minimum Gasteiger partial charge on any atom is -0.497 e. The van der Waals surface area contributed by atoms with Gasteiger partial charge in [-0.05, 0) is 55.2 Å². The first kappa shape index (κ1) is 17.3. The van der Waals surface area contributed by atoms with E-state index in [9.17, 15) is 4.79 Å².